The van der Waals surface area contributed by atoms with E-state index in [1.165, 1.54) is 42.7 Å². The van der Waals surface area contributed by atoms with E-state index >= 15 is 0 Å². The number of pyridine rings is 2. The SMILES string of the molecule is CCS(=O)(=O)c1ccc(NCc2cnc(Cl)s2)nc1-c1ccc(OCC(C)(F)F)cn1. The highest BCUT2D eigenvalue weighted by atomic mass is 35.5. The number of nitrogens with one attached hydrogen (secondary N) is 1. The fourth-order valence-electron chi connectivity index (χ4n) is 2.49. The summed E-state index contributed by atoms with van der Waals surface area (Å²) >= 11 is 7.15. The van der Waals surface area contributed by atoms with Gasteiger partial charge in [-0.1, -0.05) is 18.5 Å². The summed E-state index contributed by atoms with van der Waals surface area (Å²) in [6.45, 7) is 1.90. The largest absolute Gasteiger partial charge is 0.486 e. The number of rotatable bonds is 9. The van der Waals surface area contributed by atoms with Gasteiger partial charge in [0.25, 0.3) is 5.92 Å². The average molecular weight is 489 g/mol. The zero-order valence-corrected chi connectivity index (χ0v) is 19.0. The molecule has 166 valence electrons. The second-order valence-electron chi connectivity index (χ2n) is 6.62. The standard InChI is InChI=1S/C19H19ClF2N4O3S2/c1-3-31(27,28)15-6-7-16(24-9-13-10-25-18(20)30-13)26-17(15)14-5-4-12(8-23-14)29-11-19(2,21)22/h4-8,10H,3,9,11H2,1-2H3,(H,24,26). The van der Waals surface area contributed by atoms with Gasteiger partial charge in [0.15, 0.2) is 20.9 Å². The maximum absolute atomic E-state index is 13.0. The first kappa shape index (κ1) is 23.3. The van der Waals surface area contributed by atoms with Crippen LogP contribution in [0.25, 0.3) is 11.4 Å². The fraction of sp³-hybridized carbons (Fsp3) is 0.316. The van der Waals surface area contributed by atoms with Gasteiger partial charge in [0.05, 0.1) is 29.1 Å². The van der Waals surface area contributed by atoms with Crippen LogP contribution in [0.2, 0.25) is 4.47 Å². The second kappa shape index (κ2) is 9.41. The molecule has 0 aliphatic rings. The monoisotopic (exact) mass is 488 g/mol. The number of ether oxygens (including phenoxy) is 1. The van der Waals surface area contributed by atoms with E-state index < -0.39 is 22.4 Å². The summed E-state index contributed by atoms with van der Waals surface area (Å²) in [5.41, 5.74) is 0.425. The van der Waals surface area contributed by atoms with Gasteiger partial charge in [-0.2, -0.15) is 0 Å². The third kappa shape index (κ3) is 6.31. The Hall–Kier alpha value is -2.37. The first-order valence-corrected chi connectivity index (χ1v) is 12.0. The zero-order valence-electron chi connectivity index (χ0n) is 16.6. The van der Waals surface area contributed by atoms with Crippen molar-refractivity contribution in [3.63, 3.8) is 0 Å². The van der Waals surface area contributed by atoms with Crippen LogP contribution in [0, 0.1) is 0 Å². The molecule has 3 rings (SSSR count). The van der Waals surface area contributed by atoms with Crippen molar-refractivity contribution in [1.82, 2.24) is 15.0 Å². The molecule has 0 bridgehead atoms. The van der Waals surface area contributed by atoms with Crippen LogP contribution in [0.5, 0.6) is 5.75 Å². The molecular formula is C19H19ClF2N4O3S2. The molecule has 0 saturated carbocycles. The van der Waals surface area contributed by atoms with Gasteiger partial charge < -0.3 is 10.1 Å². The molecule has 0 spiro atoms. The van der Waals surface area contributed by atoms with Crippen molar-refractivity contribution in [2.75, 3.05) is 17.7 Å². The van der Waals surface area contributed by atoms with Gasteiger partial charge in [-0.15, -0.1) is 11.3 Å². The molecule has 31 heavy (non-hydrogen) atoms. The molecule has 3 heterocycles. The van der Waals surface area contributed by atoms with Gasteiger partial charge in [0.2, 0.25) is 0 Å². The van der Waals surface area contributed by atoms with Crippen LogP contribution >= 0.6 is 22.9 Å². The summed E-state index contributed by atoms with van der Waals surface area (Å²) in [6, 6.07) is 5.95. The predicted molar refractivity (Wildman–Crippen MR) is 116 cm³/mol. The Balaban J connectivity index is 1.90. The lowest BCUT2D eigenvalue weighted by molar-refractivity contribution is -0.0230. The zero-order chi connectivity index (χ0) is 22.6. The van der Waals surface area contributed by atoms with Crippen LogP contribution in [0.4, 0.5) is 14.6 Å². The molecule has 3 aromatic rings. The minimum atomic E-state index is -3.58. The molecule has 12 heteroatoms. The van der Waals surface area contributed by atoms with Gasteiger partial charge in [0.1, 0.15) is 17.3 Å². The highest BCUT2D eigenvalue weighted by Gasteiger charge is 2.23. The van der Waals surface area contributed by atoms with Crippen molar-refractivity contribution in [3.05, 3.63) is 46.0 Å². The molecule has 0 atom stereocenters. The van der Waals surface area contributed by atoms with E-state index in [0.717, 1.165) is 11.8 Å². The third-order valence-corrected chi connectivity index (χ3v) is 6.89. The highest BCUT2D eigenvalue weighted by Crippen LogP contribution is 2.28. The third-order valence-electron chi connectivity index (χ3n) is 4.01. The van der Waals surface area contributed by atoms with Crippen LogP contribution < -0.4 is 10.1 Å². The van der Waals surface area contributed by atoms with Gasteiger partial charge in [0, 0.05) is 18.0 Å². The van der Waals surface area contributed by atoms with Crippen molar-refractivity contribution >= 4 is 38.6 Å². The van der Waals surface area contributed by atoms with Crippen molar-refractivity contribution in [3.8, 4) is 17.1 Å². The maximum atomic E-state index is 13.0. The van der Waals surface area contributed by atoms with E-state index in [9.17, 15) is 17.2 Å². The Kier molecular flexibility index (Phi) is 7.07. The topological polar surface area (TPSA) is 94.1 Å². The molecule has 0 amide bonds. The average Bonchev–Trinajstić information content (AvgIpc) is 3.15. The van der Waals surface area contributed by atoms with Crippen molar-refractivity contribution < 1.29 is 21.9 Å². The Labute approximate surface area is 187 Å². The Morgan fingerprint density at radius 3 is 2.55 bits per heavy atom. The van der Waals surface area contributed by atoms with Crippen LogP contribution in [0.15, 0.2) is 41.6 Å². The first-order chi connectivity index (χ1) is 14.6. The Bertz CT molecular complexity index is 1150. The van der Waals surface area contributed by atoms with Gasteiger partial charge in [-0.05, 0) is 24.3 Å². The fourth-order valence-corrected chi connectivity index (χ4v) is 4.44. The summed E-state index contributed by atoms with van der Waals surface area (Å²) in [6.07, 6.45) is 2.89. The summed E-state index contributed by atoms with van der Waals surface area (Å²) in [7, 11) is -3.58. The summed E-state index contributed by atoms with van der Waals surface area (Å²) in [4.78, 5) is 13.5. The lowest BCUT2D eigenvalue weighted by atomic mass is 10.2. The molecule has 1 N–H and O–H groups in total. The lowest BCUT2D eigenvalue weighted by Crippen LogP contribution is -2.20. The second-order valence-corrected chi connectivity index (χ2v) is 10.6. The number of alkyl halides is 2. The first-order valence-electron chi connectivity index (χ1n) is 9.12. The van der Waals surface area contributed by atoms with Crippen molar-refractivity contribution in [1.29, 1.82) is 0 Å². The Morgan fingerprint density at radius 1 is 1.19 bits per heavy atom. The molecule has 0 fully saturated rings. The van der Waals surface area contributed by atoms with Crippen LogP contribution in [0.3, 0.4) is 0 Å². The van der Waals surface area contributed by atoms with Crippen LogP contribution in [-0.2, 0) is 16.4 Å². The summed E-state index contributed by atoms with van der Waals surface area (Å²) < 4.78 is 56.5. The van der Waals surface area contributed by atoms with Gasteiger partial charge >= 0.3 is 0 Å². The lowest BCUT2D eigenvalue weighted by Gasteiger charge is -2.13. The van der Waals surface area contributed by atoms with Gasteiger partial charge in [-0.25, -0.2) is 27.2 Å². The number of thiazole rings is 1. The number of hydrogen-bond acceptors (Lipinski definition) is 8. The maximum Gasteiger partial charge on any atom is 0.278 e. The number of hydrogen-bond donors (Lipinski definition) is 1. The number of aromatic nitrogens is 3. The van der Waals surface area contributed by atoms with E-state index in [1.807, 2.05) is 0 Å². The van der Waals surface area contributed by atoms with E-state index in [2.05, 4.69) is 20.3 Å². The van der Waals surface area contributed by atoms with Crippen molar-refractivity contribution in [2.45, 2.75) is 31.2 Å². The molecule has 0 aliphatic heterocycles. The normalized spacial score (nSPS) is 12.0. The number of halogens is 3. The highest BCUT2D eigenvalue weighted by molar-refractivity contribution is 7.91. The number of sulfone groups is 1. The number of anilines is 1. The smallest absolute Gasteiger partial charge is 0.278 e. The minimum absolute atomic E-state index is 0.0302. The number of nitrogens with zero attached hydrogens (tertiary/aromatic N) is 3. The molecule has 7 nitrogen and oxygen atoms in total. The quantitative estimate of drug-likeness (QED) is 0.466. The van der Waals surface area contributed by atoms with E-state index in [0.29, 0.717) is 16.8 Å². The molecule has 0 radical (unpaired) electrons. The molecule has 0 aliphatic carbocycles. The summed E-state index contributed by atoms with van der Waals surface area (Å²) in [5.74, 6) is -2.52. The van der Waals surface area contributed by atoms with E-state index in [-0.39, 0.29) is 27.8 Å². The molecular weight excluding hydrogens is 470 g/mol. The minimum Gasteiger partial charge on any atom is -0.486 e. The van der Waals surface area contributed by atoms with Gasteiger partial charge in [-0.3, -0.25) is 4.98 Å². The molecule has 0 saturated heterocycles. The Morgan fingerprint density at radius 2 is 1.97 bits per heavy atom. The van der Waals surface area contributed by atoms with E-state index in [4.69, 9.17) is 16.3 Å². The van der Waals surface area contributed by atoms with Crippen LogP contribution in [0.1, 0.15) is 18.7 Å². The van der Waals surface area contributed by atoms with Crippen LogP contribution in [-0.4, -0.2) is 41.7 Å². The predicted octanol–water partition coefficient (Wildman–Crippen LogP) is 4.69. The van der Waals surface area contributed by atoms with Crippen molar-refractivity contribution in [2.24, 2.45) is 0 Å². The molecule has 3 aromatic heterocycles. The molecule has 0 aromatic carbocycles. The summed E-state index contributed by atoms with van der Waals surface area (Å²) in [5, 5.41) is 3.10. The van der Waals surface area contributed by atoms with E-state index in [1.54, 1.807) is 12.3 Å². The molecule has 0 unspecified atom stereocenters.